The van der Waals surface area contributed by atoms with Crippen LogP contribution in [0, 0.1) is 11.8 Å². The standard InChI is InChI=1S/C23H35N5O6S/c1-12-18-17(13(2)29)22(32)27(18)19(23(33)34)20(12)35-14-9-15(25-10-14)21(31)26-5-4-7-28(3,8-6-26)11-16(24)30/h12-15,17-18,25,29H,4-11H2,1-3H3,(H2-,24,30,33,34)/p+1/t12-,13-,14+,15+,17-,18-,28?/m1/s1. The average Bonchev–Trinajstić information content (AvgIpc) is 3.25. The second kappa shape index (κ2) is 9.72. The predicted octanol–water partition coefficient (Wildman–Crippen LogP) is -1.23. The molecule has 11 nitrogen and oxygen atoms in total. The number of nitrogens with zero attached hydrogens (tertiary/aromatic N) is 3. The number of thioether (sulfide) groups is 1. The van der Waals surface area contributed by atoms with Gasteiger partial charge in [-0.3, -0.25) is 14.4 Å². The summed E-state index contributed by atoms with van der Waals surface area (Å²) in [6.07, 6.45) is 0.523. The third kappa shape index (κ3) is 4.81. The molecule has 3 amide bonds. The van der Waals surface area contributed by atoms with Gasteiger partial charge in [0.25, 0.3) is 5.91 Å². The lowest BCUT2D eigenvalue weighted by Crippen LogP contribution is -2.63. The number of aliphatic hydroxyl groups is 1. The van der Waals surface area contributed by atoms with Gasteiger partial charge >= 0.3 is 5.97 Å². The van der Waals surface area contributed by atoms with Gasteiger partial charge in [-0.15, -0.1) is 11.8 Å². The Hall–Kier alpha value is -2.15. The van der Waals surface area contributed by atoms with Gasteiger partial charge in [-0.1, -0.05) is 6.92 Å². The quantitative estimate of drug-likeness (QED) is 0.245. The second-order valence-electron chi connectivity index (χ2n) is 10.6. The van der Waals surface area contributed by atoms with Crippen LogP contribution in [0.1, 0.15) is 26.7 Å². The Labute approximate surface area is 209 Å². The first-order chi connectivity index (χ1) is 16.4. The normalized spacial score (nSPS) is 36.0. The Kier molecular flexibility index (Phi) is 7.20. The SMILES string of the molecule is C[C@@H](O)[C@H]1C(=O)N2C(C(=O)O)=C(S[C@@H]3CN[C@H](C(=O)N4CCC[N+](C)(CC(N)=O)CC4)C3)[C@H](C)[C@H]12. The number of quaternary nitrogens is 1. The van der Waals surface area contributed by atoms with Crippen molar-refractivity contribution in [3.63, 3.8) is 0 Å². The van der Waals surface area contributed by atoms with Crippen LogP contribution in [-0.2, 0) is 19.2 Å². The molecule has 12 heteroatoms. The molecule has 35 heavy (non-hydrogen) atoms. The van der Waals surface area contributed by atoms with Gasteiger partial charge in [-0.25, -0.2) is 4.79 Å². The van der Waals surface area contributed by atoms with Crippen molar-refractivity contribution in [2.45, 2.75) is 50.1 Å². The summed E-state index contributed by atoms with van der Waals surface area (Å²) in [5.74, 6) is -2.57. The maximum Gasteiger partial charge on any atom is 0.353 e. The Morgan fingerprint density at radius 3 is 2.63 bits per heavy atom. The van der Waals surface area contributed by atoms with E-state index in [0.29, 0.717) is 42.0 Å². The van der Waals surface area contributed by atoms with Crippen LogP contribution in [0.2, 0.25) is 0 Å². The molecule has 0 aromatic carbocycles. The van der Waals surface area contributed by atoms with Gasteiger partial charge in [0.05, 0.1) is 50.8 Å². The molecular formula is C23H36N5O6S+. The Morgan fingerprint density at radius 1 is 1.29 bits per heavy atom. The van der Waals surface area contributed by atoms with Crippen molar-refractivity contribution in [2.75, 3.05) is 46.3 Å². The molecule has 4 aliphatic heterocycles. The predicted molar refractivity (Wildman–Crippen MR) is 129 cm³/mol. The molecule has 4 aliphatic rings. The minimum atomic E-state index is -1.14. The van der Waals surface area contributed by atoms with E-state index in [1.165, 1.54) is 16.7 Å². The number of aliphatic hydroxyl groups excluding tert-OH is 1. The highest BCUT2D eigenvalue weighted by Gasteiger charge is 2.60. The maximum absolute atomic E-state index is 13.2. The average molecular weight is 511 g/mol. The number of nitrogens with one attached hydrogen (secondary N) is 1. The lowest BCUT2D eigenvalue weighted by molar-refractivity contribution is -0.899. The van der Waals surface area contributed by atoms with E-state index < -0.39 is 18.0 Å². The van der Waals surface area contributed by atoms with Gasteiger partial charge < -0.3 is 35.5 Å². The topological polar surface area (TPSA) is 153 Å². The molecule has 0 saturated carbocycles. The number of carboxylic acid groups (broad SMARTS) is 1. The molecule has 1 unspecified atom stereocenters. The van der Waals surface area contributed by atoms with Crippen molar-refractivity contribution < 1.29 is 33.9 Å². The number of likely N-dealkylation sites (N-methyl/N-ethyl adjacent to an activating group) is 1. The summed E-state index contributed by atoms with van der Waals surface area (Å²) in [5, 5.41) is 23.2. The monoisotopic (exact) mass is 510 g/mol. The summed E-state index contributed by atoms with van der Waals surface area (Å²) in [7, 11) is 1.99. The number of hydrogen-bond donors (Lipinski definition) is 4. The highest BCUT2D eigenvalue weighted by Crippen LogP contribution is 2.51. The van der Waals surface area contributed by atoms with Gasteiger partial charge in [-0.2, -0.15) is 0 Å². The van der Waals surface area contributed by atoms with E-state index in [1.807, 2.05) is 18.9 Å². The van der Waals surface area contributed by atoms with Gasteiger partial charge in [0.15, 0.2) is 6.54 Å². The molecule has 0 radical (unpaired) electrons. The van der Waals surface area contributed by atoms with Crippen LogP contribution in [-0.4, -0.2) is 118 Å². The van der Waals surface area contributed by atoms with Crippen molar-refractivity contribution >= 4 is 35.5 Å². The zero-order valence-electron chi connectivity index (χ0n) is 20.5. The molecular weight excluding hydrogens is 474 g/mol. The number of fused-ring (bicyclic) bond motifs is 1. The van der Waals surface area contributed by atoms with Crippen LogP contribution in [0.25, 0.3) is 0 Å². The van der Waals surface area contributed by atoms with E-state index in [2.05, 4.69) is 5.32 Å². The Bertz CT molecular complexity index is 957. The summed E-state index contributed by atoms with van der Waals surface area (Å²) in [6.45, 7) is 6.94. The van der Waals surface area contributed by atoms with Gasteiger partial charge in [0, 0.05) is 35.6 Å². The molecule has 0 aliphatic carbocycles. The number of aliphatic carboxylic acids is 1. The van der Waals surface area contributed by atoms with Gasteiger partial charge in [0.1, 0.15) is 5.70 Å². The number of carbonyl (C=O) groups is 4. The Morgan fingerprint density at radius 2 is 2.00 bits per heavy atom. The number of carbonyl (C=O) groups excluding carboxylic acids is 3. The van der Waals surface area contributed by atoms with E-state index >= 15 is 0 Å². The molecule has 0 aromatic heterocycles. The van der Waals surface area contributed by atoms with Crippen molar-refractivity contribution in [1.29, 1.82) is 0 Å². The number of amides is 3. The smallest absolute Gasteiger partial charge is 0.353 e. The third-order valence-electron chi connectivity index (χ3n) is 7.88. The molecule has 5 N–H and O–H groups in total. The molecule has 3 saturated heterocycles. The fourth-order valence-electron chi connectivity index (χ4n) is 6.04. The lowest BCUT2D eigenvalue weighted by Gasteiger charge is -2.46. The van der Waals surface area contributed by atoms with E-state index in [-0.39, 0.29) is 53.2 Å². The number of carboxylic acids is 1. The van der Waals surface area contributed by atoms with E-state index in [9.17, 15) is 29.4 Å². The summed E-state index contributed by atoms with van der Waals surface area (Å²) in [6, 6.07) is -0.692. The second-order valence-corrected chi connectivity index (χ2v) is 11.9. The fraction of sp³-hybridized carbons (Fsp3) is 0.739. The molecule has 3 fully saturated rings. The van der Waals surface area contributed by atoms with Crippen molar-refractivity contribution in [1.82, 2.24) is 15.1 Å². The fourth-order valence-corrected chi connectivity index (χ4v) is 7.52. The van der Waals surface area contributed by atoms with Gasteiger partial charge in [-0.05, 0) is 13.3 Å². The summed E-state index contributed by atoms with van der Waals surface area (Å²) in [4.78, 5) is 53.1. The summed E-state index contributed by atoms with van der Waals surface area (Å²) < 4.78 is 0.531. The zero-order valence-corrected chi connectivity index (χ0v) is 21.3. The zero-order chi connectivity index (χ0) is 25.7. The number of rotatable bonds is 7. The minimum absolute atomic E-state index is 0.00237. The third-order valence-corrected chi connectivity index (χ3v) is 9.39. The van der Waals surface area contributed by atoms with Crippen molar-refractivity contribution in [2.24, 2.45) is 17.6 Å². The van der Waals surface area contributed by atoms with Crippen LogP contribution < -0.4 is 11.1 Å². The van der Waals surface area contributed by atoms with Crippen LogP contribution in [0.3, 0.4) is 0 Å². The van der Waals surface area contributed by atoms with E-state index in [4.69, 9.17) is 5.73 Å². The van der Waals surface area contributed by atoms with Crippen LogP contribution in [0.5, 0.6) is 0 Å². The molecule has 0 bridgehead atoms. The molecule has 7 atom stereocenters. The van der Waals surface area contributed by atoms with Crippen molar-refractivity contribution in [3.8, 4) is 0 Å². The van der Waals surface area contributed by atoms with Crippen LogP contribution in [0.15, 0.2) is 10.6 Å². The van der Waals surface area contributed by atoms with E-state index in [1.54, 1.807) is 6.92 Å². The number of β-lactam (4-membered cyclic amide) rings is 1. The molecule has 4 rings (SSSR count). The number of nitrogens with two attached hydrogens (primary N) is 1. The first-order valence-corrected chi connectivity index (χ1v) is 13.1. The first kappa shape index (κ1) is 25.9. The highest BCUT2D eigenvalue weighted by atomic mass is 32.2. The summed E-state index contributed by atoms with van der Waals surface area (Å²) >= 11 is 1.44. The largest absolute Gasteiger partial charge is 0.477 e. The molecule has 0 spiro atoms. The number of primary amides is 1. The lowest BCUT2D eigenvalue weighted by atomic mass is 9.79. The first-order valence-electron chi connectivity index (χ1n) is 12.2. The maximum atomic E-state index is 13.2. The molecule has 194 valence electrons. The van der Waals surface area contributed by atoms with Gasteiger partial charge in [0.2, 0.25) is 11.8 Å². The summed E-state index contributed by atoms with van der Waals surface area (Å²) in [5.41, 5.74) is 5.42. The van der Waals surface area contributed by atoms with Crippen molar-refractivity contribution in [3.05, 3.63) is 10.6 Å². The molecule has 0 aromatic rings. The Balaban J connectivity index is 1.39. The molecule has 4 heterocycles. The van der Waals surface area contributed by atoms with Crippen LogP contribution >= 0.6 is 11.8 Å². The minimum Gasteiger partial charge on any atom is -0.477 e. The number of hydrogen-bond acceptors (Lipinski definition) is 7. The highest BCUT2D eigenvalue weighted by molar-refractivity contribution is 8.03. The van der Waals surface area contributed by atoms with E-state index in [0.717, 1.165) is 13.0 Å². The van der Waals surface area contributed by atoms with Crippen LogP contribution in [0.4, 0.5) is 0 Å².